The minimum absolute atomic E-state index is 0.0175. The number of thiophene rings is 1. The Hall–Kier alpha value is -2.68. The Balaban J connectivity index is 2.42. The molecule has 0 atom stereocenters. The third kappa shape index (κ3) is 3.26. The zero-order valence-electron chi connectivity index (χ0n) is 11.1. The number of rotatable bonds is 4. The van der Waals surface area contributed by atoms with Crippen LogP contribution >= 0.6 is 11.3 Å². The number of aryl methyl sites for hydroxylation is 2. The van der Waals surface area contributed by atoms with Crippen molar-refractivity contribution in [2.24, 2.45) is 10.2 Å². The van der Waals surface area contributed by atoms with Gasteiger partial charge in [-0.1, -0.05) is 0 Å². The van der Waals surface area contributed by atoms with Gasteiger partial charge in [-0.2, -0.15) is 0 Å². The number of nitro benzene ring substituents is 2. The molecule has 21 heavy (non-hydrogen) atoms. The molecule has 0 amide bonds. The van der Waals surface area contributed by atoms with Crippen LogP contribution in [0, 0.1) is 34.1 Å². The molecule has 108 valence electrons. The Kier molecular flexibility index (Phi) is 4.03. The normalized spacial score (nSPS) is 11.0. The van der Waals surface area contributed by atoms with E-state index in [1.165, 1.54) is 17.4 Å². The highest BCUT2D eigenvalue weighted by molar-refractivity contribution is 7.15. The van der Waals surface area contributed by atoms with Gasteiger partial charge in [-0.25, -0.2) is 0 Å². The topological polar surface area (TPSA) is 111 Å². The molecule has 2 aromatic rings. The molecule has 0 spiro atoms. The van der Waals surface area contributed by atoms with Crippen molar-refractivity contribution in [1.29, 1.82) is 0 Å². The van der Waals surface area contributed by atoms with E-state index in [-0.39, 0.29) is 11.4 Å². The van der Waals surface area contributed by atoms with Crippen molar-refractivity contribution >= 4 is 33.4 Å². The predicted octanol–water partition coefficient (Wildman–Crippen LogP) is 4.60. The fourth-order valence-corrected chi connectivity index (χ4v) is 2.53. The monoisotopic (exact) mass is 306 g/mol. The van der Waals surface area contributed by atoms with Crippen molar-refractivity contribution in [3.63, 3.8) is 0 Å². The molecule has 0 radical (unpaired) electrons. The first-order chi connectivity index (χ1) is 9.88. The molecule has 2 rings (SSSR count). The molecule has 0 N–H and O–H groups in total. The molecule has 0 aliphatic carbocycles. The average Bonchev–Trinajstić information content (AvgIpc) is 2.74. The van der Waals surface area contributed by atoms with Crippen molar-refractivity contribution in [3.05, 3.63) is 54.9 Å². The summed E-state index contributed by atoms with van der Waals surface area (Å²) in [6, 6.07) is 5.19. The van der Waals surface area contributed by atoms with E-state index in [0.29, 0.717) is 5.00 Å². The molecule has 0 bridgehead atoms. The Labute approximate surface area is 123 Å². The summed E-state index contributed by atoms with van der Waals surface area (Å²) in [6.07, 6.45) is 0. The van der Waals surface area contributed by atoms with Crippen molar-refractivity contribution in [2.45, 2.75) is 13.8 Å². The summed E-state index contributed by atoms with van der Waals surface area (Å²) >= 11 is 1.42. The summed E-state index contributed by atoms with van der Waals surface area (Å²) < 4.78 is 0. The van der Waals surface area contributed by atoms with Gasteiger partial charge in [-0.05, 0) is 31.5 Å². The van der Waals surface area contributed by atoms with E-state index in [4.69, 9.17) is 0 Å². The first-order valence-corrected chi connectivity index (χ1v) is 6.61. The van der Waals surface area contributed by atoms with E-state index < -0.39 is 15.5 Å². The molecule has 1 heterocycles. The van der Waals surface area contributed by atoms with Gasteiger partial charge in [0.05, 0.1) is 15.9 Å². The van der Waals surface area contributed by atoms with Crippen LogP contribution in [0.2, 0.25) is 0 Å². The Morgan fingerprint density at radius 2 is 1.76 bits per heavy atom. The third-order valence-electron chi connectivity index (χ3n) is 2.63. The molecule has 1 aromatic carbocycles. The summed E-state index contributed by atoms with van der Waals surface area (Å²) in [5.41, 5.74) is 0.101. The van der Waals surface area contributed by atoms with Crippen LogP contribution in [-0.4, -0.2) is 9.85 Å². The molecule has 0 saturated heterocycles. The zero-order valence-corrected chi connectivity index (χ0v) is 12.0. The maximum absolute atomic E-state index is 11.0. The molecular formula is C12H10N4O4S. The summed E-state index contributed by atoms with van der Waals surface area (Å²) in [5.74, 6) is 0. The minimum atomic E-state index is -0.714. The Morgan fingerprint density at radius 1 is 1.05 bits per heavy atom. The molecular weight excluding hydrogens is 296 g/mol. The molecule has 0 aliphatic heterocycles. The highest BCUT2D eigenvalue weighted by atomic mass is 32.1. The fraction of sp³-hybridized carbons (Fsp3) is 0.167. The van der Waals surface area contributed by atoms with Gasteiger partial charge >= 0.3 is 5.69 Å². The average molecular weight is 306 g/mol. The maximum atomic E-state index is 11.0. The van der Waals surface area contributed by atoms with Crippen LogP contribution in [0.25, 0.3) is 0 Å². The summed E-state index contributed by atoms with van der Waals surface area (Å²) in [7, 11) is 0. The smallest absolute Gasteiger partial charge is 0.258 e. The second-order valence-corrected chi connectivity index (χ2v) is 5.47. The molecule has 0 fully saturated rings. The highest BCUT2D eigenvalue weighted by Crippen LogP contribution is 2.35. The SMILES string of the molecule is Cc1cc(C)c(N=Nc2ccc([N+](=O)[O-])cc2[N+](=O)[O-])s1. The van der Waals surface area contributed by atoms with E-state index in [9.17, 15) is 20.2 Å². The van der Waals surface area contributed by atoms with E-state index in [1.54, 1.807) is 0 Å². The fourth-order valence-electron chi connectivity index (χ4n) is 1.68. The third-order valence-corrected chi connectivity index (χ3v) is 3.67. The number of azo groups is 1. The molecule has 0 aliphatic rings. The van der Waals surface area contributed by atoms with Crippen LogP contribution in [0.1, 0.15) is 10.4 Å². The Bertz CT molecular complexity index is 754. The van der Waals surface area contributed by atoms with E-state index in [1.807, 2.05) is 19.9 Å². The summed E-state index contributed by atoms with van der Waals surface area (Å²) in [6.45, 7) is 3.78. The highest BCUT2D eigenvalue weighted by Gasteiger charge is 2.19. The second-order valence-electron chi connectivity index (χ2n) is 4.23. The van der Waals surface area contributed by atoms with Crippen molar-refractivity contribution in [2.75, 3.05) is 0 Å². The number of nitro groups is 2. The Morgan fingerprint density at radius 3 is 2.29 bits per heavy atom. The summed E-state index contributed by atoms with van der Waals surface area (Å²) in [4.78, 5) is 21.3. The van der Waals surface area contributed by atoms with Crippen LogP contribution in [0.4, 0.5) is 22.1 Å². The van der Waals surface area contributed by atoms with Gasteiger partial charge < -0.3 is 0 Å². The molecule has 0 saturated carbocycles. The van der Waals surface area contributed by atoms with Gasteiger partial charge in [0.1, 0.15) is 5.00 Å². The number of benzene rings is 1. The van der Waals surface area contributed by atoms with Crippen molar-refractivity contribution < 1.29 is 9.85 Å². The van der Waals surface area contributed by atoms with Crippen LogP contribution < -0.4 is 0 Å². The van der Waals surface area contributed by atoms with Gasteiger partial charge in [-0.3, -0.25) is 20.2 Å². The predicted molar refractivity (Wildman–Crippen MR) is 77.7 cm³/mol. The van der Waals surface area contributed by atoms with Gasteiger partial charge in [0.25, 0.3) is 5.69 Å². The lowest BCUT2D eigenvalue weighted by Gasteiger charge is -1.96. The molecule has 8 nitrogen and oxygen atoms in total. The van der Waals surface area contributed by atoms with Crippen LogP contribution in [0.3, 0.4) is 0 Å². The maximum Gasteiger partial charge on any atom is 0.303 e. The van der Waals surface area contributed by atoms with Crippen LogP contribution in [-0.2, 0) is 0 Å². The molecule has 1 aromatic heterocycles. The quantitative estimate of drug-likeness (QED) is 0.467. The lowest BCUT2D eigenvalue weighted by molar-refractivity contribution is -0.393. The van der Waals surface area contributed by atoms with E-state index in [2.05, 4.69) is 10.2 Å². The van der Waals surface area contributed by atoms with Crippen LogP contribution in [0.5, 0.6) is 0 Å². The second kappa shape index (κ2) is 5.75. The van der Waals surface area contributed by atoms with Gasteiger partial charge in [0.2, 0.25) is 0 Å². The van der Waals surface area contributed by atoms with Gasteiger partial charge in [0, 0.05) is 10.9 Å². The first-order valence-electron chi connectivity index (χ1n) is 5.80. The lowest BCUT2D eigenvalue weighted by atomic mass is 10.2. The molecule has 9 heteroatoms. The van der Waals surface area contributed by atoms with Gasteiger partial charge in [-0.15, -0.1) is 21.6 Å². The van der Waals surface area contributed by atoms with Crippen molar-refractivity contribution in [3.8, 4) is 0 Å². The number of hydrogen-bond donors (Lipinski definition) is 0. The standard InChI is InChI=1S/C12H10N4O4S/c1-7-5-8(2)21-12(7)14-13-10-4-3-9(15(17)18)6-11(10)16(19)20/h3-6H,1-2H3. The largest absolute Gasteiger partial charge is 0.303 e. The first kappa shape index (κ1) is 14.7. The van der Waals surface area contributed by atoms with Gasteiger partial charge in [0.15, 0.2) is 5.69 Å². The van der Waals surface area contributed by atoms with Crippen molar-refractivity contribution in [1.82, 2.24) is 0 Å². The lowest BCUT2D eigenvalue weighted by Crippen LogP contribution is -1.92. The number of nitrogens with zero attached hydrogens (tertiary/aromatic N) is 4. The van der Waals surface area contributed by atoms with E-state index in [0.717, 1.165) is 22.6 Å². The number of non-ortho nitro benzene ring substituents is 1. The van der Waals surface area contributed by atoms with Crippen LogP contribution in [0.15, 0.2) is 34.5 Å². The minimum Gasteiger partial charge on any atom is -0.258 e. The summed E-state index contributed by atoms with van der Waals surface area (Å²) in [5, 5.41) is 30.1. The number of hydrogen-bond acceptors (Lipinski definition) is 7. The zero-order chi connectivity index (χ0) is 15.6. The van der Waals surface area contributed by atoms with E-state index >= 15 is 0 Å². The molecule has 0 unspecified atom stereocenters.